The fraction of sp³-hybridized carbons (Fsp3) is 0.462. The van der Waals surface area contributed by atoms with Crippen molar-refractivity contribution in [1.29, 1.82) is 0 Å². The second-order valence-corrected chi connectivity index (χ2v) is 9.20. The van der Waals surface area contributed by atoms with Crippen molar-refractivity contribution in [2.45, 2.75) is 49.5 Å². The van der Waals surface area contributed by atoms with E-state index in [9.17, 15) is 9.59 Å². The number of carbonyl (C=O) groups is 2. The SMILES string of the molecule is O=C(O[C@H]1CO[C@H]2[C@@H]1OC[C@H]2OC(=O)c1cccc(CC2CO2)c1)c1cccc(CC2CO2)c1. The average molecular weight is 466 g/mol. The monoisotopic (exact) mass is 466 g/mol. The maximum Gasteiger partial charge on any atom is 0.338 e. The Hall–Kier alpha value is -2.78. The van der Waals surface area contributed by atoms with Crippen LogP contribution in [0.15, 0.2) is 48.5 Å². The molecule has 0 aliphatic carbocycles. The number of esters is 2. The molecule has 2 aromatic carbocycles. The van der Waals surface area contributed by atoms with Gasteiger partial charge in [0, 0.05) is 12.8 Å². The summed E-state index contributed by atoms with van der Waals surface area (Å²) in [6.45, 7) is 1.92. The first-order chi connectivity index (χ1) is 16.6. The average Bonchev–Trinajstić information content (AvgIpc) is 3.76. The number of carbonyl (C=O) groups excluding carboxylic acids is 2. The second kappa shape index (κ2) is 9.11. The van der Waals surface area contributed by atoms with Crippen LogP contribution in [-0.4, -0.2) is 75.0 Å². The lowest BCUT2D eigenvalue weighted by molar-refractivity contribution is -0.0287. The fourth-order valence-corrected chi connectivity index (χ4v) is 4.59. The van der Waals surface area contributed by atoms with Crippen LogP contribution < -0.4 is 0 Å². The van der Waals surface area contributed by atoms with Crippen LogP contribution in [0.4, 0.5) is 0 Å². The highest BCUT2D eigenvalue weighted by atomic mass is 16.7. The topological polar surface area (TPSA) is 96.1 Å². The standard InChI is InChI=1S/C26H26O8/c27-25(17-5-1-3-15(7-17)9-19-11-29-19)33-21-13-31-24-22(14-32-23(21)24)34-26(28)18-6-2-4-16(8-18)10-20-12-30-20/h1-8,19-24H,9-14H2/t19?,20?,21-,22+,23-,24-/m1/s1. The zero-order chi connectivity index (χ0) is 23.1. The van der Waals surface area contributed by atoms with E-state index in [1.807, 2.05) is 36.4 Å². The van der Waals surface area contributed by atoms with Gasteiger partial charge in [0.25, 0.3) is 0 Å². The van der Waals surface area contributed by atoms with Crippen molar-refractivity contribution in [2.24, 2.45) is 0 Å². The minimum atomic E-state index is -0.557. The van der Waals surface area contributed by atoms with E-state index in [-0.39, 0.29) is 25.4 Å². The number of benzene rings is 2. The van der Waals surface area contributed by atoms with Crippen LogP contribution in [0.1, 0.15) is 31.8 Å². The van der Waals surface area contributed by atoms with Gasteiger partial charge in [-0.2, -0.15) is 0 Å². The van der Waals surface area contributed by atoms with Crippen molar-refractivity contribution in [1.82, 2.24) is 0 Å². The first kappa shape index (κ1) is 21.7. The molecule has 0 amide bonds. The van der Waals surface area contributed by atoms with Crippen molar-refractivity contribution in [3.05, 3.63) is 70.8 Å². The minimum absolute atomic E-state index is 0.196. The minimum Gasteiger partial charge on any atom is -0.453 e. The smallest absolute Gasteiger partial charge is 0.338 e. The summed E-state index contributed by atoms with van der Waals surface area (Å²) in [4.78, 5) is 25.5. The first-order valence-electron chi connectivity index (χ1n) is 11.7. The maximum absolute atomic E-state index is 12.7. The van der Waals surface area contributed by atoms with Gasteiger partial charge < -0.3 is 28.4 Å². The van der Waals surface area contributed by atoms with Gasteiger partial charge in [-0.1, -0.05) is 24.3 Å². The molecule has 2 unspecified atom stereocenters. The molecule has 8 nitrogen and oxygen atoms in total. The van der Waals surface area contributed by atoms with Gasteiger partial charge >= 0.3 is 11.9 Å². The van der Waals surface area contributed by atoms with E-state index >= 15 is 0 Å². The molecule has 0 radical (unpaired) electrons. The molecular formula is C26H26O8. The Morgan fingerprint density at radius 2 is 1.12 bits per heavy atom. The quantitative estimate of drug-likeness (QED) is 0.431. The summed E-state index contributed by atoms with van der Waals surface area (Å²) in [5.74, 6) is -0.846. The lowest BCUT2D eigenvalue weighted by atomic mass is 10.1. The van der Waals surface area contributed by atoms with Crippen molar-refractivity contribution in [3.63, 3.8) is 0 Å². The predicted octanol–water partition coefficient (Wildman–Crippen LogP) is 2.12. The van der Waals surface area contributed by atoms with E-state index in [2.05, 4.69) is 0 Å². The van der Waals surface area contributed by atoms with Gasteiger partial charge in [-0.25, -0.2) is 9.59 Å². The molecule has 4 fully saturated rings. The van der Waals surface area contributed by atoms with Crippen LogP contribution in [0.5, 0.6) is 0 Å². The highest BCUT2D eigenvalue weighted by Gasteiger charge is 2.51. The first-order valence-corrected chi connectivity index (χ1v) is 11.7. The molecule has 0 spiro atoms. The summed E-state index contributed by atoms with van der Waals surface area (Å²) in [5, 5.41) is 0. The maximum atomic E-state index is 12.7. The van der Waals surface area contributed by atoms with E-state index in [4.69, 9.17) is 28.4 Å². The van der Waals surface area contributed by atoms with Gasteiger partial charge in [-0.05, 0) is 35.4 Å². The van der Waals surface area contributed by atoms with E-state index in [0.29, 0.717) is 11.1 Å². The van der Waals surface area contributed by atoms with Crippen LogP contribution in [0, 0.1) is 0 Å². The van der Waals surface area contributed by atoms with Crippen LogP contribution in [-0.2, 0) is 41.3 Å². The van der Waals surface area contributed by atoms with Crippen LogP contribution in [0.3, 0.4) is 0 Å². The van der Waals surface area contributed by atoms with E-state index in [1.54, 1.807) is 12.1 Å². The third-order valence-electron chi connectivity index (χ3n) is 6.54. The molecule has 0 aromatic heterocycles. The van der Waals surface area contributed by atoms with Crippen LogP contribution in [0.2, 0.25) is 0 Å². The fourth-order valence-electron chi connectivity index (χ4n) is 4.59. The number of fused-ring (bicyclic) bond motifs is 1. The number of hydrogen-bond donors (Lipinski definition) is 0. The third-order valence-corrected chi connectivity index (χ3v) is 6.54. The molecule has 0 saturated carbocycles. The Labute approximate surface area is 197 Å². The Balaban J connectivity index is 1.05. The molecular weight excluding hydrogens is 440 g/mol. The molecule has 4 aliphatic rings. The summed E-state index contributed by atoms with van der Waals surface area (Å²) >= 11 is 0. The molecule has 0 N–H and O–H groups in total. The molecule has 4 saturated heterocycles. The Bertz CT molecular complexity index is 990. The van der Waals surface area contributed by atoms with Crippen molar-refractivity contribution < 1.29 is 38.0 Å². The van der Waals surface area contributed by atoms with Gasteiger partial charge in [-0.15, -0.1) is 0 Å². The van der Waals surface area contributed by atoms with Crippen molar-refractivity contribution in [2.75, 3.05) is 26.4 Å². The van der Waals surface area contributed by atoms with Gasteiger partial charge in [0.2, 0.25) is 0 Å². The molecule has 6 atom stereocenters. The van der Waals surface area contributed by atoms with Gasteiger partial charge in [-0.3, -0.25) is 0 Å². The normalized spacial score (nSPS) is 31.1. The zero-order valence-corrected chi connectivity index (χ0v) is 18.6. The third kappa shape index (κ3) is 4.86. The molecule has 34 heavy (non-hydrogen) atoms. The largest absolute Gasteiger partial charge is 0.453 e. The lowest BCUT2D eigenvalue weighted by Crippen LogP contribution is -2.36. The Morgan fingerprint density at radius 3 is 1.53 bits per heavy atom. The zero-order valence-electron chi connectivity index (χ0n) is 18.6. The van der Waals surface area contributed by atoms with Crippen molar-refractivity contribution >= 4 is 11.9 Å². The summed E-state index contributed by atoms with van der Waals surface area (Å²) in [6, 6.07) is 14.8. The number of ether oxygens (including phenoxy) is 6. The van der Waals surface area contributed by atoms with E-state index in [0.717, 1.165) is 37.2 Å². The molecule has 4 heterocycles. The summed E-state index contributed by atoms with van der Waals surface area (Å²) in [5.41, 5.74) is 3.05. The summed E-state index contributed by atoms with van der Waals surface area (Å²) in [7, 11) is 0. The van der Waals surface area contributed by atoms with Crippen LogP contribution in [0.25, 0.3) is 0 Å². The molecule has 8 heteroatoms. The molecule has 2 aromatic rings. The lowest BCUT2D eigenvalue weighted by Gasteiger charge is -2.17. The summed E-state index contributed by atoms with van der Waals surface area (Å²) < 4.78 is 33.6. The van der Waals surface area contributed by atoms with Gasteiger partial charge in [0.1, 0.15) is 12.2 Å². The van der Waals surface area contributed by atoms with E-state index < -0.39 is 36.4 Å². The van der Waals surface area contributed by atoms with Crippen LogP contribution >= 0.6 is 0 Å². The predicted molar refractivity (Wildman–Crippen MR) is 118 cm³/mol. The van der Waals surface area contributed by atoms with E-state index in [1.165, 1.54) is 0 Å². The Morgan fingerprint density at radius 1 is 0.676 bits per heavy atom. The molecule has 0 bridgehead atoms. The van der Waals surface area contributed by atoms with Gasteiger partial charge in [0.05, 0.1) is 49.8 Å². The molecule has 6 rings (SSSR count). The van der Waals surface area contributed by atoms with Crippen molar-refractivity contribution in [3.8, 4) is 0 Å². The summed E-state index contributed by atoms with van der Waals surface area (Å²) in [6.07, 6.45) is 0.00800. The molecule has 4 aliphatic heterocycles. The molecule has 178 valence electrons. The highest BCUT2D eigenvalue weighted by molar-refractivity contribution is 5.90. The number of hydrogen-bond acceptors (Lipinski definition) is 8. The highest BCUT2D eigenvalue weighted by Crippen LogP contribution is 2.32. The second-order valence-electron chi connectivity index (χ2n) is 9.20. The Kier molecular flexibility index (Phi) is 5.82. The number of epoxide rings is 2. The van der Waals surface area contributed by atoms with Gasteiger partial charge in [0.15, 0.2) is 12.2 Å². The number of rotatable bonds is 8.